The van der Waals surface area contributed by atoms with Crippen LogP contribution < -0.4 is 10.5 Å². The maximum absolute atomic E-state index is 12.6. The number of halogens is 3. The third-order valence-electron chi connectivity index (χ3n) is 2.92. The summed E-state index contributed by atoms with van der Waals surface area (Å²) in [6, 6.07) is 7.87. The van der Waals surface area contributed by atoms with Gasteiger partial charge in [-0.3, -0.25) is 0 Å². The Bertz CT molecular complexity index is 608. The number of hydrogen-bond donors (Lipinski definition) is 1. The van der Waals surface area contributed by atoms with Gasteiger partial charge in [-0.1, -0.05) is 18.2 Å². The van der Waals surface area contributed by atoms with E-state index < -0.39 is 12.2 Å². The Morgan fingerprint density at radius 3 is 2.25 bits per heavy atom. The molecule has 20 heavy (non-hydrogen) atoms. The molecular weight excluding hydrogens is 267 g/mol. The predicted octanol–water partition coefficient (Wildman–Crippen LogP) is 4.19. The third kappa shape index (κ3) is 3.22. The van der Waals surface area contributed by atoms with Gasteiger partial charge in [0.25, 0.3) is 0 Å². The molecule has 2 aromatic carbocycles. The summed E-state index contributed by atoms with van der Waals surface area (Å²) >= 11 is 0. The first kappa shape index (κ1) is 14.7. The second-order valence-electron chi connectivity index (χ2n) is 4.95. The number of benzene rings is 2. The molecule has 0 aliphatic carbocycles. The van der Waals surface area contributed by atoms with Crippen molar-refractivity contribution in [3.63, 3.8) is 0 Å². The molecule has 0 spiro atoms. The van der Waals surface area contributed by atoms with E-state index in [1.165, 1.54) is 12.1 Å². The first-order chi connectivity index (χ1) is 9.27. The fourth-order valence-electron chi connectivity index (χ4n) is 1.97. The number of alkyl halides is 3. The van der Waals surface area contributed by atoms with Gasteiger partial charge in [-0.05, 0) is 48.4 Å². The van der Waals surface area contributed by atoms with Gasteiger partial charge in [0.05, 0.1) is 6.10 Å². The van der Waals surface area contributed by atoms with Crippen LogP contribution in [0.5, 0.6) is 5.75 Å². The largest absolute Gasteiger partial charge is 0.491 e. The van der Waals surface area contributed by atoms with E-state index in [1.54, 1.807) is 18.2 Å². The molecule has 5 heteroatoms. The maximum Gasteiger partial charge on any atom is 0.407 e. The summed E-state index contributed by atoms with van der Waals surface area (Å²) in [6.07, 6.45) is -4.44. The lowest BCUT2D eigenvalue weighted by atomic mass is 10.0. The van der Waals surface area contributed by atoms with Crippen molar-refractivity contribution in [2.75, 3.05) is 0 Å². The van der Waals surface area contributed by atoms with E-state index in [0.29, 0.717) is 11.1 Å². The molecule has 0 saturated carbocycles. The molecule has 2 nitrogen and oxygen atoms in total. The van der Waals surface area contributed by atoms with E-state index in [9.17, 15) is 13.2 Å². The molecule has 0 bridgehead atoms. The Labute approximate surface area is 115 Å². The monoisotopic (exact) mass is 283 g/mol. The molecule has 2 N–H and O–H groups in total. The lowest BCUT2D eigenvalue weighted by Gasteiger charge is -2.16. The molecule has 0 aliphatic rings. The van der Waals surface area contributed by atoms with Crippen LogP contribution >= 0.6 is 0 Å². The molecule has 0 fully saturated rings. The minimum atomic E-state index is -4.44. The van der Waals surface area contributed by atoms with Crippen molar-refractivity contribution >= 4 is 10.8 Å². The summed E-state index contributed by atoms with van der Waals surface area (Å²) in [7, 11) is 0. The van der Waals surface area contributed by atoms with Gasteiger partial charge in [0.15, 0.2) is 0 Å². The molecule has 0 aromatic heterocycles. The highest BCUT2D eigenvalue weighted by Gasteiger charge is 2.37. The van der Waals surface area contributed by atoms with Crippen molar-refractivity contribution < 1.29 is 17.9 Å². The van der Waals surface area contributed by atoms with Crippen molar-refractivity contribution in [3.8, 4) is 5.75 Å². The van der Waals surface area contributed by atoms with Crippen LogP contribution in [0.15, 0.2) is 36.4 Å². The van der Waals surface area contributed by atoms with Crippen LogP contribution in [0.3, 0.4) is 0 Å². The Kier molecular flexibility index (Phi) is 3.90. The molecule has 0 radical (unpaired) electrons. The molecular formula is C15H16F3NO. The van der Waals surface area contributed by atoms with Crippen molar-refractivity contribution in [2.24, 2.45) is 5.73 Å². The number of nitrogens with two attached hydrogens (primary N) is 1. The van der Waals surface area contributed by atoms with Gasteiger partial charge in [-0.2, -0.15) is 13.2 Å². The summed E-state index contributed by atoms with van der Waals surface area (Å²) in [5, 5.41) is 1.53. The predicted molar refractivity (Wildman–Crippen MR) is 72.7 cm³/mol. The second kappa shape index (κ2) is 5.32. The highest BCUT2D eigenvalue weighted by molar-refractivity contribution is 5.84. The minimum absolute atomic E-state index is 0.00747. The van der Waals surface area contributed by atoms with Crippen LogP contribution in [0.4, 0.5) is 13.2 Å². The third-order valence-corrected chi connectivity index (χ3v) is 2.92. The SMILES string of the molecule is CC(C)Oc1ccc2ccc([C@H](N)C(F)(F)F)cc2c1. The van der Waals surface area contributed by atoms with Crippen molar-refractivity contribution in [2.45, 2.75) is 32.2 Å². The van der Waals surface area contributed by atoms with Crippen LogP contribution in [0, 0.1) is 0 Å². The molecule has 0 heterocycles. The zero-order chi connectivity index (χ0) is 14.9. The molecule has 2 rings (SSSR count). The van der Waals surface area contributed by atoms with E-state index in [-0.39, 0.29) is 11.7 Å². The minimum Gasteiger partial charge on any atom is -0.491 e. The number of ether oxygens (including phenoxy) is 1. The molecule has 0 unspecified atom stereocenters. The van der Waals surface area contributed by atoms with Gasteiger partial charge in [-0.15, -0.1) is 0 Å². The summed E-state index contributed by atoms with van der Waals surface area (Å²) in [5.41, 5.74) is 5.27. The normalized spacial score (nSPS) is 13.8. The summed E-state index contributed by atoms with van der Waals surface area (Å²) in [5.74, 6) is 0.630. The van der Waals surface area contributed by atoms with Crippen LogP contribution in [-0.4, -0.2) is 12.3 Å². The van der Waals surface area contributed by atoms with Gasteiger partial charge in [0, 0.05) is 0 Å². The van der Waals surface area contributed by atoms with Crippen molar-refractivity contribution in [1.82, 2.24) is 0 Å². The first-order valence-electron chi connectivity index (χ1n) is 6.30. The summed E-state index contributed by atoms with van der Waals surface area (Å²) in [6.45, 7) is 3.78. The molecule has 0 aliphatic heterocycles. The van der Waals surface area contributed by atoms with Crippen LogP contribution in [-0.2, 0) is 0 Å². The quantitative estimate of drug-likeness (QED) is 0.916. The molecule has 1 atom stereocenters. The number of rotatable bonds is 3. The first-order valence-corrected chi connectivity index (χ1v) is 6.30. The van der Waals surface area contributed by atoms with E-state index in [2.05, 4.69) is 0 Å². The maximum atomic E-state index is 12.6. The summed E-state index contributed by atoms with van der Waals surface area (Å²) < 4.78 is 43.4. The Balaban J connectivity index is 2.41. The average molecular weight is 283 g/mol. The zero-order valence-corrected chi connectivity index (χ0v) is 11.2. The molecule has 108 valence electrons. The number of hydrogen-bond acceptors (Lipinski definition) is 2. The van der Waals surface area contributed by atoms with Crippen LogP contribution in [0.1, 0.15) is 25.5 Å². The highest BCUT2D eigenvalue weighted by atomic mass is 19.4. The second-order valence-corrected chi connectivity index (χ2v) is 4.95. The lowest BCUT2D eigenvalue weighted by Crippen LogP contribution is -2.28. The zero-order valence-electron chi connectivity index (χ0n) is 11.2. The van der Waals surface area contributed by atoms with Gasteiger partial charge in [0.1, 0.15) is 11.8 Å². The van der Waals surface area contributed by atoms with E-state index >= 15 is 0 Å². The molecule has 2 aromatic rings. The average Bonchev–Trinajstić information content (AvgIpc) is 2.35. The van der Waals surface area contributed by atoms with Crippen LogP contribution in [0.2, 0.25) is 0 Å². The highest BCUT2D eigenvalue weighted by Crippen LogP contribution is 2.32. The topological polar surface area (TPSA) is 35.2 Å². The fourth-order valence-corrected chi connectivity index (χ4v) is 1.97. The van der Waals surface area contributed by atoms with Gasteiger partial charge in [-0.25, -0.2) is 0 Å². The van der Waals surface area contributed by atoms with E-state index in [0.717, 1.165) is 5.39 Å². The van der Waals surface area contributed by atoms with Crippen LogP contribution in [0.25, 0.3) is 10.8 Å². The van der Waals surface area contributed by atoms with Crippen molar-refractivity contribution in [1.29, 1.82) is 0 Å². The lowest BCUT2D eigenvalue weighted by molar-refractivity contribution is -0.149. The molecule has 0 saturated heterocycles. The van der Waals surface area contributed by atoms with Crippen molar-refractivity contribution in [3.05, 3.63) is 42.0 Å². The van der Waals surface area contributed by atoms with Gasteiger partial charge < -0.3 is 10.5 Å². The standard InChI is InChI=1S/C15H16F3NO/c1-9(2)20-13-6-5-10-3-4-11(7-12(10)8-13)14(19)15(16,17)18/h3-9,14H,19H2,1-2H3/t14-/m0/s1. The van der Waals surface area contributed by atoms with E-state index in [4.69, 9.17) is 10.5 Å². The fraction of sp³-hybridized carbons (Fsp3) is 0.333. The van der Waals surface area contributed by atoms with Gasteiger partial charge >= 0.3 is 6.18 Å². The molecule has 0 amide bonds. The Morgan fingerprint density at radius 2 is 1.65 bits per heavy atom. The smallest absolute Gasteiger partial charge is 0.407 e. The Morgan fingerprint density at radius 1 is 1.00 bits per heavy atom. The van der Waals surface area contributed by atoms with E-state index in [1.807, 2.05) is 19.9 Å². The number of fused-ring (bicyclic) bond motifs is 1. The summed E-state index contributed by atoms with van der Waals surface area (Å²) in [4.78, 5) is 0. The Hall–Kier alpha value is -1.75. The van der Waals surface area contributed by atoms with Gasteiger partial charge in [0.2, 0.25) is 0 Å².